The number of carbonyl (C=O) groups is 3. The van der Waals surface area contributed by atoms with Crippen molar-refractivity contribution in [2.45, 2.75) is 51.0 Å². The molecule has 4 rings (SSSR count). The number of hydrogen-bond acceptors (Lipinski definition) is 6. The molecule has 3 heterocycles. The van der Waals surface area contributed by atoms with Gasteiger partial charge in [0.2, 0.25) is 5.91 Å². The van der Waals surface area contributed by atoms with Gasteiger partial charge in [-0.05, 0) is 30.5 Å². The Morgan fingerprint density at radius 1 is 1.00 bits per heavy atom. The van der Waals surface area contributed by atoms with Crippen molar-refractivity contribution in [1.82, 2.24) is 15.2 Å². The first kappa shape index (κ1) is 32.5. The fraction of sp³-hybridized carbons (Fsp3) is 0.440. The molecule has 0 saturated carbocycles. The fourth-order valence-electron chi connectivity index (χ4n) is 4.03. The number of alkyl halides is 6. The number of halogens is 6. The molecule has 0 unspecified atom stereocenters. The van der Waals surface area contributed by atoms with Gasteiger partial charge in [0.25, 0.3) is 0 Å². The maximum Gasteiger partial charge on any atom is 0.490 e. The second kappa shape index (κ2) is 14.1. The number of aliphatic carboxylic acids is 2. The van der Waals surface area contributed by atoms with Crippen molar-refractivity contribution in [1.29, 1.82) is 0 Å². The topological polar surface area (TPSA) is 129 Å². The van der Waals surface area contributed by atoms with E-state index in [2.05, 4.69) is 46.4 Å². The number of pyridine rings is 1. The number of carbonyl (C=O) groups excluding carboxylic acids is 1. The maximum atomic E-state index is 12.6. The third-order valence-electron chi connectivity index (χ3n) is 5.73. The van der Waals surface area contributed by atoms with E-state index in [9.17, 15) is 31.1 Å². The van der Waals surface area contributed by atoms with Crippen LogP contribution in [0.2, 0.25) is 0 Å². The second-order valence-corrected chi connectivity index (χ2v) is 9.01. The van der Waals surface area contributed by atoms with Gasteiger partial charge in [-0.25, -0.2) is 9.59 Å². The van der Waals surface area contributed by atoms with E-state index < -0.39 is 24.3 Å². The summed E-state index contributed by atoms with van der Waals surface area (Å²) >= 11 is 0. The number of carboxylic acids is 2. The monoisotopic (exact) mass is 579 g/mol. The van der Waals surface area contributed by atoms with Crippen LogP contribution < -0.4 is 5.32 Å². The minimum atomic E-state index is -5.08. The third kappa shape index (κ3) is 10.8. The predicted molar refractivity (Wildman–Crippen MR) is 127 cm³/mol. The van der Waals surface area contributed by atoms with Crippen LogP contribution in [0.1, 0.15) is 23.1 Å². The zero-order chi connectivity index (χ0) is 30.1. The van der Waals surface area contributed by atoms with Crippen LogP contribution in [0.25, 0.3) is 0 Å². The summed E-state index contributed by atoms with van der Waals surface area (Å²) < 4.78 is 69.5. The number of morpholine rings is 1. The zero-order valence-electron chi connectivity index (χ0n) is 21.1. The van der Waals surface area contributed by atoms with E-state index in [0.29, 0.717) is 6.54 Å². The van der Waals surface area contributed by atoms with Crippen LogP contribution in [-0.4, -0.2) is 75.6 Å². The summed E-state index contributed by atoms with van der Waals surface area (Å²) in [6.07, 6.45) is -5.68. The van der Waals surface area contributed by atoms with E-state index in [1.54, 1.807) is 12.4 Å². The van der Waals surface area contributed by atoms with Crippen LogP contribution in [-0.2, 0) is 32.2 Å². The molecule has 1 aromatic heterocycles. The molecule has 0 spiro atoms. The molecule has 2 aromatic rings. The molecule has 15 heteroatoms. The predicted octanol–water partition coefficient (Wildman–Crippen LogP) is 3.56. The van der Waals surface area contributed by atoms with Crippen LogP contribution in [0, 0.1) is 12.8 Å². The Labute approximate surface area is 224 Å². The number of benzene rings is 1. The number of aryl methyl sites for hydroxylation is 1. The molecule has 40 heavy (non-hydrogen) atoms. The molecule has 3 N–H and O–H groups in total. The molecule has 2 bridgehead atoms. The van der Waals surface area contributed by atoms with Crippen molar-refractivity contribution < 1.29 is 55.7 Å². The van der Waals surface area contributed by atoms with E-state index >= 15 is 0 Å². The summed E-state index contributed by atoms with van der Waals surface area (Å²) in [5.74, 6) is -5.47. The Morgan fingerprint density at radius 2 is 1.60 bits per heavy atom. The van der Waals surface area contributed by atoms with Gasteiger partial charge in [-0.2, -0.15) is 26.3 Å². The van der Waals surface area contributed by atoms with Gasteiger partial charge in [-0.15, -0.1) is 0 Å². The largest absolute Gasteiger partial charge is 0.490 e. The van der Waals surface area contributed by atoms with E-state index in [-0.39, 0.29) is 24.0 Å². The van der Waals surface area contributed by atoms with Crippen molar-refractivity contribution in [3.8, 4) is 0 Å². The molecular formula is C25H27F6N3O6. The van der Waals surface area contributed by atoms with Crippen molar-refractivity contribution in [3.05, 3.63) is 65.5 Å². The van der Waals surface area contributed by atoms with E-state index in [1.807, 2.05) is 12.1 Å². The Kier molecular flexibility index (Phi) is 11.4. The summed E-state index contributed by atoms with van der Waals surface area (Å²) in [5, 5.41) is 17.3. The lowest BCUT2D eigenvalue weighted by Gasteiger charge is -2.32. The first-order valence-corrected chi connectivity index (χ1v) is 11.8. The quantitative estimate of drug-likeness (QED) is 0.459. The van der Waals surface area contributed by atoms with Crippen molar-refractivity contribution >= 4 is 17.8 Å². The number of carboxylic acid groups (broad SMARTS) is 2. The van der Waals surface area contributed by atoms with E-state index in [0.717, 1.165) is 31.6 Å². The number of nitrogens with one attached hydrogen (secondary N) is 1. The molecule has 220 valence electrons. The van der Waals surface area contributed by atoms with Crippen LogP contribution in [0.15, 0.2) is 48.8 Å². The Hall–Kier alpha value is -3.72. The SMILES string of the molecule is Cc1cccc(CN2C[C@H]3C[C@H](C(=O)NCc4cccnc4)[C@@H](C2)O3)c1.O=C(O)C(F)(F)F.O=C(O)C(F)(F)F. The summed E-state index contributed by atoms with van der Waals surface area (Å²) in [5.41, 5.74) is 3.62. The lowest BCUT2D eigenvalue weighted by atomic mass is 9.99. The molecule has 9 nitrogen and oxygen atoms in total. The van der Waals surface area contributed by atoms with Crippen molar-refractivity contribution in [3.63, 3.8) is 0 Å². The summed E-state index contributed by atoms with van der Waals surface area (Å²) in [6, 6.07) is 12.5. The molecule has 0 radical (unpaired) electrons. The van der Waals surface area contributed by atoms with Gasteiger partial charge in [0.1, 0.15) is 0 Å². The first-order chi connectivity index (χ1) is 18.6. The summed E-state index contributed by atoms with van der Waals surface area (Å²) in [6.45, 7) is 5.27. The number of nitrogens with zero attached hydrogens (tertiary/aromatic N) is 2. The molecule has 2 saturated heterocycles. The van der Waals surface area contributed by atoms with Crippen molar-refractivity contribution in [2.24, 2.45) is 5.92 Å². The molecule has 3 atom stereocenters. The Morgan fingerprint density at radius 3 is 2.12 bits per heavy atom. The van der Waals surface area contributed by atoms with Gasteiger partial charge >= 0.3 is 24.3 Å². The zero-order valence-corrected chi connectivity index (χ0v) is 21.1. The van der Waals surface area contributed by atoms with Crippen molar-refractivity contribution in [2.75, 3.05) is 13.1 Å². The van der Waals surface area contributed by atoms with Crippen LogP contribution >= 0.6 is 0 Å². The van der Waals surface area contributed by atoms with E-state index in [4.69, 9.17) is 24.5 Å². The number of likely N-dealkylation sites (tertiary alicyclic amines) is 1. The minimum Gasteiger partial charge on any atom is -0.475 e. The normalized spacial score (nSPS) is 20.3. The lowest BCUT2D eigenvalue weighted by molar-refractivity contribution is -0.193. The Bertz CT molecular complexity index is 1120. The van der Waals surface area contributed by atoms with Gasteiger partial charge < -0.3 is 20.3 Å². The molecular weight excluding hydrogens is 552 g/mol. The van der Waals surface area contributed by atoms with Gasteiger partial charge in [-0.3, -0.25) is 14.7 Å². The van der Waals surface area contributed by atoms with Crippen LogP contribution in [0.5, 0.6) is 0 Å². The minimum absolute atomic E-state index is 0.00698. The maximum absolute atomic E-state index is 12.6. The summed E-state index contributed by atoms with van der Waals surface area (Å²) in [4.78, 5) is 36.9. The highest BCUT2D eigenvalue weighted by molar-refractivity contribution is 5.79. The fourth-order valence-corrected chi connectivity index (χ4v) is 4.03. The lowest BCUT2D eigenvalue weighted by Crippen LogP contribution is -2.44. The third-order valence-corrected chi connectivity index (χ3v) is 5.73. The number of aromatic nitrogens is 1. The second-order valence-electron chi connectivity index (χ2n) is 9.01. The highest BCUT2D eigenvalue weighted by Crippen LogP contribution is 2.32. The smallest absolute Gasteiger partial charge is 0.475 e. The van der Waals surface area contributed by atoms with Gasteiger partial charge in [-0.1, -0.05) is 35.9 Å². The highest BCUT2D eigenvalue weighted by Gasteiger charge is 2.44. The number of fused-ring (bicyclic) bond motifs is 2. The highest BCUT2D eigenvalue weighted by atomic mass is 19.4. The number of amides is 1. The van der Waals surface area contributed by atoms with Crippen LogP contribution in [0.3, 0.4) is 0 Å². The van der Waals surface area contributed by atoms with Gasteiger partial charge in [0.05, 0.1) is 18.1 Å². The molecule has 2 fully saturated rings. The Balaban J connectivity index is 0.000000333. The standard InChI is InChI=1S/C21H25N3O2.2C2HF3O2/c1-15-4-2-5-16(8-15)12-24-13-18-9-19(20(14-24)26-18)21(25)23-11-17-6-3-7-22-10-17;2*3-2(4,5)1(6)7/h2-8,10,18-20H,9,11-14H2,1H3,(H,23,25);2*(H,6,7)/t18-,19+,20-;;/m1../s1. The molecule has 0 aliphatic carbocycles. The molecule has 1 aromatic carbocycles. The van der Waals surface area contributed by atoms with Gasteiger partial charge in [0.15, 0.2) is 0 Å². The van der Waals surface area contributed by atoms with E-state index in [1.165, 1.54) is 11.1 Å². The van der Waals surface area contributed by atoms with Gasteiger partial charge in [0, 0.05) is 38.6 Å². The molecule has 2 aliphatic rings. The number of hydrogen-bond donors (Lipinski definition) is 3. The molecule has 1 amide bonds. The average molecular weight is 579 g/mol. The number of rotatable bonds is 5. The number of ether oxygens (including phenoxy) is 1. The molecule has 2 aliphatic heterocycles. The average Bonchev–Trinajstić information content (AvgIpc) is 3.16. The summed E-state index contributed by atoms with van der Waals surface area (Å²) in [7, 11) is 0. The first-order valence-electron chi connectivity index (χ1n) is 11.8. The van der Waals surface area contributed by atoms with Crippen LogP contribution in [0.4, 0.5) is 26.3 Å².